The molecule has 3 amide bonds. The van der Waals surface area contributed by atoms with E-state index in [1.165, 1.54) is 18.2 Å². The number of carbonyl (C=O) groups is 3. The molecular formula is C23H34N4O5S. The van der Waals surface area contributed by atoms with E-state index >= 15 is 0 Å². The lowest BCUT2D eigenvalue weighted by atomic mass is 9.92. The van der Waals surface area contributed by atoms with Crippen molar-refractivity contribution >= 4 is 39.1 Å². The maximum absolute atomic E-state index is 13.6. The standard InChI is InChI=1S/C23H34N4O5S/c1-17(28)24-19-11-13-20(14-12-19)27-21(29)15-26(33(3,31)32)16-23(27,2)22(30)25-18-9-7-5-4-6-8-10-18/h11-14,18H,4-10,15-16H2,1-3H3,(H,24,28)(H,25,30). The lowest BCUT2D eigenvalue weighted by Crippen LogP contribution is -2.70. The Morgan fingerprint density at radius 1 is 1.03 bits per heavy atom. The molecule has 1 atom stereocenters. The molecule has 0 bridgehead atoms. The monoisotopic (exact) mass is 478 g/mol. The molecule has 2 fully saturated rings. The van der Waals surface area contributed by atoms with Crippen molar-refractivity contribution in [3.63, 3.8) is 0 Å². The maximum Gasteiger partial charge on any atom is 0.247 e. The van der Waals surface area contributed by atoms with Gasteiger partial charge in [-0.25, -0.2) is 8.42 Å². The summed E-state index contributed by atoms with van der Waals surface area (Å²) < 4.78 is 25.6. The topological polar surface area (TPSA) is 116 Å². The van der Waals surface area contributed by atoms with Gasteiger partial charge in [0.2, 0.25) is 27.7 Å². The lowest BCUT2D eigenvalue weighted by molar-refractivity contribution is -0.133. The number of piperazine rings is 1. The Morgan fingerprint density at radius 3 is 2.15 bits per heavy atom. The minimum Gasteiger partial charge on any atom is -0.351 e. The van der Waals surface area contributed by atoms with Gasteiger partial charge in [0.05, 0.1) is 12.8 Å². The number of anilines is 2. The smallest absolute Gasteiger partial charge is 0.247 e. The molecule has 1 aliphatic carbocycles. The Labute approximate surface area is 195 Å². The highest BCUT2D eigenvalue weighted by Crippen LogP contribution is 2.32. The molecule has 1 saturated carbocycles. The van der Waals surface area contributed by atoms with Crippen LogP contribution in [0.25, 0.3) is 0 Å². The van der Waals surface area contributed by atoms with Crippen LogP contribution in [0, 0.1) is 0 Å². The van der Waals surface area contributed by atoms with Crippen molar-refractivity contribution < 1.29 is 22.8 Å². The first kappa shape index (κ1) is 25.2. The predicted molar refractivity (Wildman–Crippen MR) is 127 cm³/mol. The van der Waals surface area contributed by atoms with E-state index in [-0.39, 0.29) is 30.9 Å². The number of nitrogens with zero attached hydrogens (tertiary/aromatic N) is 2. The molecular weight excluding hydrogens is 444 g/mol. The molecule has 3 rings (SSSR count). The summed E-state index contributed by atoms with van der Waals surface area (Å²) in [6.45, 7) is 2.54. The molecule has 0 radical (unpaired) electrons. The largest absolute Gasteiger partial charge is 0.351 e. The zero-order valence-corrected chi connectivity index (χ0v) is 20.4. The fraction of sp³-hybridized carbons (Fsp3) is 0.609. The van der Waals surface area contributed by atoms with Crippen molar-refractivity contribution in [2.24, 2.45) is 0 Å². The second-order valence-electron chi connectivity index (χ2n) is 9.28. The van der Waals surface area contributed by atoms with Gasteiger partial charge in [0, 0.05) is 30.9 Å². The van der Waals surface area contributed by atoms with Crippen LogP contribution in [0.5, 0.6) is 0 Å². The molecule has 1 heterocycles. The number of carbonyl (C=O) groups excluding carboxylic acids is 3. The first-order valence-electron chi connectivity index (χ1n) is 11.5. The first-order chi connectivity index (χ1) is 15.5. The van der Waals surface area contributed by atoms with Crippen molar-refractivity contribution in [2.45, 2.75) is 70.4 Å². The van der Waals surface area contributed by atoms with E-state index in [4.69, 9.17) is 0 Å². The number of hydrogen-bond donors (Lipinski definition) is 2. The van der Waals surface area contributed by atoms with Gasteiger partial charge in [0.25, 0.3) is 0 Å². The van der Waals surface area contributed by atoms with Crippen LogP contribution >= 0.6 is 0 Å². The summed E-state index contributed by atoms with van der Waals surface area (Å²) in [5.74, 6) is -1.06. The highest BCUT2D eigenvalue weighted by atomic mass is 32.2. The summed E-state index contributed by atoms with van der Waals surface area (Å²) in [7, 11) is -3.67. The number of rotatable bonds is 5. The molecule has 182 valence electrons. The zero-order chi connectivity index (χ0) is 24.2. The van der Waals surface area contributed by atoms with Crippen molar-refractivity contribution in [2.75, 3.05) is 29.6 Å². The van der Waals surface area contributed by atoms with Crippen LogP contribution in [-0.4, -0.2) is 61.4 Å². The number of benzene rings is 1. The third kappa shape index (κ3) is 6.11. The highest BCUT2D eigenvalue weighted by Gasteiger charge is 2.50. The fourth-order valence-electron chi connectivity index (χ4n) is 4.64. The Bertz CT molecular complexity index is 987. The van der Waals surface area contributed by atoms with Crippen LogP contribution in [0.4, 0.5) is 11.4 Å². The zero-order valence-electron chi connectivity index (χ0n) is 19.6. The van der Waals surface area contributed by atoms with Crippen LogP contribution in [-0.2, 0) is 24.4 Å². The molecule has 1 saturated heterocycles. The minimum atomic E-state index is -3.67. The number of sulfonamides is 1. The number of hydrogen-bond acceptors (Lipinski definition) is 5. The summed E-state index contributed by atoms with van der Waals surface area (Å²) in [4.78, 5) is 39.5. The number of nitrogens with one attached hydrogen (secondary N) is 2. The molecule has 2 N–H and O–H groups in total. The summed E-state index contributed by atoms with van der Waals surface area (Å²) in [6.07, 6.45) is 8.33. The molecule has 9 nitrogen and oxygen atoms in total. The van der Waals surface area contributed by atoms with Gasteiger partial charge in [-0.2, -0.15) is 4.31 Å². The van der Waals surface area contributed by atoms with E-state index in [2.05, 4.69) is 10.6 Å². The van der Waals surface area contributed by atoms with Gasteiger partial charge < -0.3 is 10.6 Å². The summed E-state index contributed by atoms with van der Waals surface area (Å²) >= 11 is 0. The van der Waals surface area contributed by atoms with Gasteiger partial charge in [0.1, 0.15) is 5.54 Å². The quantitative estimate of drug-likeness (QED) is 0.673. The van der Waals surface area contributed by atoms with E-state index in [1.807, 2.05) is 0 Å². The van der Waals surface area contributed by atoms with Crippen LogP contribution in [0.15, 0.2) is 24.3 Å². The van der Waals surface area contributed by atoms with Gasteiger partial charge in [-0.1, -0.05) is 32.1 Å². The summed E-state index contributed by atoms with van der Waals surface area (Å²) in [6, 6.07) is 6.61. The van der Waals surface area contributed by atoms with Crippen molar-refractivity contribution in [3.8, 4) is 0 Å². The van der Waals surface area contributed by atoms with Crippen LogP contribution in [0.3, 0.4) is 0 Å². The summed E-state index contributed by atoms with van der Waals surface area (Å²) in [5.41, 5.74) is -0.386. The average molecular weight is 479 g/mol. The van der Waals surface area contributed by atoms with Crippen molar-refractivity contribution in [1.29, 1.82) is 0 Å². The van der Waals surface area contributed by atoms with Crippen molar-refractivity contribution in [3.05, 3.63) is 24.3 Å². The van der Waals surface area contributed by atoms with E-state index in [0.29, 0.717) is 11.4 Å². The Hall–Kier alpha value is -2.46. The Morgan fingerprint density at radius 2 is 1.61 bits per heavy atom. The van der Waals surface area contributed by atoms with E-state index in [9.17, 15) is 22.8 Å². The maximum atomic E-state index is 13.6. The summed E-state index contributed by atoms with van der Waals surface area (Å²) in [5, 5.41) is 5.79. The first-order valence-corrected chi connectivity index (χ1v) is 13.3. The van der Waals surface area contributed by atoms with Crippen LogP contribution in [0.1, 0.15) is 58.8 Å². The normalized spacial score (nSPS) is 23.5. The second-order valence-corrected chi connectivity index (χ2v) is 11.3. The van der Waals surface area contributed by atoms with E-state index in [1.54, 1.807) is 31.2 Å². The van der Waals surface area contributed by atoms with Crippen LogP contribution in [0.2, 0.25) is 0 Å². The Kier molecular flexibility index (Phi) is 7.79. The fourth-order valence-corrected chi connectivity index (χ4v) is 5.47. The van der Waals surface area contributed by atoms with Gasteiger partial charge in [-0.15, -0.1) is 0 Å². The third-order valence-corrected chi connectivity index (χ3v) is 7.58. The highest BCUT2D eigenvalue weighted by molar-refractivity contribution is 7.88. The third-order valence-electron chi connectivity index (χ3n) is 6.38. The minimum absolute atomic E-state index is 0.00216. The predicted octanol–water partition coefficient (Wildman–Crippen LogP) is 2.24. The molecule has 1 aromatic rings. The lowest BCUT2D eigenvalue weighted by Gasteiger charge is -2.47. The average Bonchev–Trinajstić information content (AvgIpc) is 2.69. The van der Waals surface area contributed by atoms with Gasteiger partial charge in [0.15, 0.2) is 0 Å². The molecule has 1 unspecified atom stereocenters. The van der Waals surface area contributed by atoms with Crippen molar-refractivity contribution in [1.82, 2.24) is 9.62 Å². The van der Waals surface area contributed by atoms with E-state index in [0.717, 1.165) is 49.1 Å². The molecule has 0 aromatic heterocycles. The van der Waals surface area contributed by atoms with Gasteiger partial charge in [-0.05, 0) is 44.0 Å². The van der Waals surface area contributed by atoms with Crippen LogP contribution < -0.4 is 15.5 Å². The molecule has 1 aliphatic heterocycles. The van der Waals surface area contributed by atoms with E-state index < -0.39 is 21.5 Å². The SMILES string of the molecule is CC(=O)Nc1ccc(N2C(=O)CN(S(C)(=O)=O)CC2(C)C(=O)NC2CCCCCCC2)cc1. The molecule has 2 aliphatic rings. The molecule has 0 spiro atoms. The van der Waals surface area contributed by atoms with Gasteiger partial charge in [-0.3, -0.25) is 19.3 Å². The molecule has 33 heavy (non-hydrogen) atoms. The number of amides is 3. The molecule has 10 heteroatoms. The Balaban J connectivity index is 1.92. The second kappa shape index (κ2) is 10.2. The van der Waals surface area contributed by atoms with Gasteiger partial charge >= 0.3 is 0 Å². The molecule has 1 aromatic carbocycles.